The van der Waals surface area contributed by atoms with Gasteiger partial charge in [-0.05, 0) is 32.7 Å². The first-order chi connectivity index (χ1) is 11.2. The van der Waals surface area contributed by atoms with E-state index in [0.717, 1.165) is 25.6 Å². The van der Waals surface area contributed by atoms with Gasteiger partial charge in [-0.15, -0.1) is 5.10 Å². The van der Waals surface area contributed by atoms with Gasteiger partial charge in [0.05, 0.1) is 7.11 Å². The molecule has 1 unspecified atom stereocenters. The molecule has 0 aliphatic carbocycles. The third-order valence-electron chi connectivity index (χ3n) is 5.02. The molecular formula is C16H30N6O. The van der Waals surface area contributed by atoms with Crippen molar-refractivity contribution in [2.24, 2.45) is 5.92 Å². The molecule has 1 aromatic rings. The number of piperazine rings is 1. The topological polar surface area (TPSA) is 49.7 Å². The Labute approximate surface area is 139 Å². The van der Waals surface area contributed by atoms with Gasteiger partial charge in [0.25, 0.3) is 0 Å². The standard InChI is InChI=1S/C16H30N6O/c1-4-22-16(23-3)17-15(18-22)21-7-5-6-14(13-21)12-20-10-8-19(2)9-11-20/h14H,4-13H2,1-3H3. The van der Waals surface area contributed by atoms with Crippen LogP contribution >= 0.6 is 0 Å². The van der Waals surface area contributed by atoms with Crippen molar-refractivity contribution in [3.8, 4) is 6.01 Å². The Balaban J connectivity index is 1.58. The fourth-order valence-corrected chi connectivity index (χ4v) is 3.60. The van der Waals surface area contributed by atoms with E-state index in [2.05, 4.69) is 38.8 Å². The maximum absolute atomic E-state index is 5.32. The Hall–Kier alpha value is -1.34. The van der Waals surface area contributed by atoms with E-state index >= 15 is 0 Å². The molecule has 2 fully saturated rings. The number of nitrogens with zero attached hydrogens (tertiary/aromatic N) is 6. The Bertz CT molecular complexity index is 475. The Kier molecular flexibility index (Phi) is 5.38. The number of hydrogen-bond acceptors (Lipinski definition) is 6. The van der Waals surface area contributed by atoms with Crippen LogP contribution in [0, 0.1) is 5.92 Å². The SMILES string of the molecule is CCn1nc(N2CCCC(CN3CCN(C)CC3)C2)nc1OC. The van der Waals surface area contributed by atoms with Gasteiger partial charge in [0.15, 0.2) is 0 Å². The molecule has 0 radical (unpaired) electrons. The average Bonchev–Trinajstić information content (AvgIpc) is 3.01. The van der Waals surface area contributed by atoms with Crippen LogP contribution < -0.4 is 9.64 Å². The van der Waals surface area contributed by atoms with Crippen LogP contribution in [0.25, 0.3) is 0 Å². The van der Waals surface area contributed by atoms with Crippen molar-refractivity contribution >= 4 is 5.95 Å². The van der Waals surface area contributed by atoms with Crippen LogP contribution in [-0.4, -0.2) is 84.5 Å². The van der Waals surface area contributed by atoms with Crippen LogP contribution in [0.5, 0.6) is 6.01 Å². The minimum absolute atomic E-state index is 0.615. The average molecular weight is 322 g/mol. The van der Waals surface area contributed by atoms with E-state index in [9.17, 15) is 0 Å². The van der Waals surface area contributed by atoms with E-state index in [1.807, 2.05) is 4.68 Å². The molecule has 3 heterocycles. The Morgan fingerprint density at radius 2 is 1.96 bits per heavy atom. The van der Waals surface area contributed by atoms with Crippen molar-refractivity contribution in [3.05, 3.63) is 0 Å². The van der Waals surface area contributed by atoms with E-state index < -0.39 is 0 Å². The maximum atomic E-state index is 5.32. The molecular weight excluding hydrogens is 292 g/mol. The van der Waals surface area contributed by atoms with E-state index in [0.29, 0.717) is 11.9 Å². The molecule has 0 N–H and O–H groups in total. The number of likely N-dealkylation sites (N-methyl/N-ethyl adjacent to an activating group) is 1. The smallest absolute Gasteiger partial charge is 0.316 e. The number of rotatable bonds is 5. The van der Waals surface area contributed by atoms with Crippen LogP contribution in [0.15, 0.2) is 0 Å². The molecule has 0 aromatic carbocycles. The van der Waals surface area contributed by atoms with Gasteiger partial charge in [-0.1, -0.05) is 0 Å². The Morgan fingerprint density at radius 3 is 2.61 bits per heavy atom. The molecule has 130 valence electrons. The molecule has 7 heteroatoms. The number of aryl methyl sites for hydroxylation is 1. The summed E-state index contributed by atoms with van der Waals surface area (Å²) in [5, 5.41) is 4.60. The monoisotopic (exact) mass is 322 g/mol. The van der Waals surface area contributed by atoms with Crippen molar-refractivity contribution in [2.75, 3.05) is 64.9 Å². The third kappa shape index (κ3) is 3.95. The molecule has 0 amide bonds. The first-order valence-corrected chi connectivity index (χ1v) is 8.84. The molecule has 0 spiro atoms. The second-order valence-corrected chi connectivity index (χ2v) is 6.77. The van der Waals surface area contributed by atoms with Crippen molar-refractivity contribution in [2.45, 2.75) is 26.3 Å². The number of aromatic nitrogens is 3. The van der Waals surface area contributed by atoms with E-state index in [4.69, 9.17) is 4.74 Å². The van der Waals surface area contributed by atoms with Gasteiger partial charge in [0.2, 0.25) is 5.95 Å². The first kappa shape index (κ1) is 16.5. The molecule has 7 nitrogen and oxygen atoms in total. The largest absolute Gasteiger partial charge is 0.467 e. The molecule has 2 aliphatic rings. The molecule has 2 saturated heterocycles. The summed E-state index contributed by atoms with van der Waals surface area (Å²) >= 11 is 0. The van der Waals surface area contributed by atoms with Gasteiger partial charge in [-0.25, -0.2) is 4.68 Å². The molecule has 3 rings (SSSR count). The lowest BCUT2D eigenvalue weighted by Crippen LogP contribution is -2.48. The van der Waals surface area contributed by atoms with Crippen molar-refractivity contribution in [1.82, 2.24) is 24.6 Å². The van der Waals surface area contributed by atoms with Gasteiger partial charge in [-0.2, -0.15) is 4.98 Å². The number of ether oxygens (including phenoxy) is 1. The van der Waals surface area contributed by atoms with E-state index in [1.165, 1.54) is 45.6 Å². The maximum Gasteiger partial charge on any atom is 0.316 e. The minimum atomic E-state index is 0.615. The highest BCUT2D eigenvalue weighted by molar-refractivity contribution is 5.31. The molecule has 1 aromatic heterocycles. The highest BCUT2D eigenvalue weighted by atomic mass is 16.5. The van der Waals surface area contributed by atoms with Crippen LogP contribution in [0.4, 0.5) is 5.95 Å². The quantitative estimate of drug-likeness (QED) is 0.798. The molecule has 1 atom stereocenters. The van der Waals surface area contributed by atoms with E-state index in [1.54, 1.807) is 7.11 Å². The number of methoxy groups -OCH3 is 1. The summed E-state index contributed by atoms with van der Waals surface area (Å²) in [6, 6.07) is 0.615. The summed E-state index contributed by atoms with van der Waals surface area (Å²) in [7, 11) is 3.87. The van der Waals surface area contributed by atoms with Gasteiger partial charge in [-0.3, -0.25) is 0 Å². The fourth-order valence-electron chi connectivity index (χ4n) is 3.60. The van der Waals surface area contributed by atoms with Crippen LogP contribution in [-0.2, 0) is 6.54 Å². The second kappa shape index (κ2) is 7.49. The Morgan fingerprint density at radius 1 is 1.17 bits per heavy atom. The normalized spacial score (nSPS) is 24.1. The highest BCUT2D eigenvalue weighted by Gasteiger charge is 2.26. The van der Waals surface area contributed by atoms with Crippen LogP contribution in [0.1, 0.15) is 19.8 Å². The molecule has 23 heavy (non-hydrogen) atoms. The summed E-state index contributed by atoms with van der Waals surface area (Å²) in [5.74, 6) is 1.54. The van der Waals surface area contributed by atoms with Gasteiger partial charge in [0.1, 0.15) is 0 Å². The van der Waals surface area contributed by atoms with Crippen molar-refractivity contribution < 1.29 is 4.74 Å². The van der Waals surface area contributed by atoms with Gasteiger partial charge in [0, 0.05) is 52.4 Å². The summed E-state index contributed by atoms with van der Waals surface area (Å²) in [6.45, 7) is 10.9. The predicted molar refractivity (Wildman–Crippen MR) is 91.1 cm³/mol. The lowest BCUT2D eigenvalue weighted by molar-refractivity contribution is 0.131. The predicted octanol–water partition coefficient (Wildman–Crippen LogP) is 0.770. The zero-order valence-corrected chi connectivity index (χ0v) is 14.7. The second-order valence-electron chi connectivity index (χ2n) is 6.77. The van der Waals surface area contributed by atoms with Crippen molar-refractivity contribution in [1.29, 1.82) is 0 Å². The molecule has 0 bridgehead atoms. The lowest BCUT2D eigenvalue weighted by Gasteiger charge is -2.38. The zero-order valence-electron chi connectivity index (χ0n) is 14.7. The lowest BCUT2D eigenvalue weighted by atomic mass is 9.97. The summed E-state index contributed by atoms with van der Waals surface area (Å²) in [4.78, 5) is 11.9. The number of anilines is 1. The third-order valence-corrected chi connectivity index (χ3v) is 5.02. The highest BCUT2D eigenvalue weighted by Crippen LogP contribution is 2.23. The van der Waals surface area contributed by atoms with Crippen LogP contribution in [0.2, 0.25) is 0 Å². The number of hydrogen-bond donors (Lipinski definition) is 0. The van der Waals surface area contributed by atoms with Gasteiger partial charge < -0.3 is 19.4 Å². The molecule has 2 aliphatic heterocycles. The first-order valence-electron chi connectivity index (χ1n) is 8.84. The fraction of sp³-hybridized carbons (Fsp3) is 0.875. The minimum Gasteiger partial charge on any atom is -0.467 e. The van der Waals surface area contributed by atoms with Crippen LogP contribution in [0.3, 0.4) is 0 Å². The van der Waals surface area contributed by atoms with Crippen molar-refractivity contribution in [3.63, 3.8) is 0 Å². The van der Waals surface area contributed by atoms with E-state index in [-0.39, 0.29) is 0 Å². The summed E-state index contributed by atoms with van der Waals surface area (Å²) in [6.07, 6.45) is 2.54. The zero-order chi connectivity index (χ0) is 16.2. The number of piperidine rings is 1. The van der Waals surface area contributed by atoms with Gasteiger partial charge >= 0.3 is 6.01 Å². The molecule has 0 saturated carbocycles. The summed E-state index contributed by atoms with van der Waals surface area (Å²) in [5.41, 5.74) is 0. The summed E-state index contributed by atoms with van der Waals surface area (Å²) < 4.78 is 7.15.